The third-order valence-electron chi connectivity index (χ3n) is 3.33. The van der Waals surface area contributed by atoms with E-state index in [1.807, 2.05) is 30.3 Å². The zero-order valence-electron chi connectivity index (χ0n) is 14.3. The SMILES string of the molecule is C=CCCC[C@@H](NC(=O)CNC(=O)OCc1ccccc1)C(=O)OC. The average Bonchev–Trinajstić information content (AvgIpc) is 2.64. The molecule has 25 heavy (non-hydrogen) atoms. The highest BCUT2D eigenvalue weighted by molar-refractivity contribution is 5.87. The maximum atomic E-state index is 11.9. The number of nitrogens with one attached hydrogen (secondary N) is 2. The van der Waals surface area contributed by atoms with Crippen LogP contribution >= 0.6 is 0 Å². The summed E-state index contributed by atoms with van der Waals surface area (Å²) in [6, 6.07) is 8.43. The van der Waals surface area contributed by atoms with Crippen molar-refractivity contribution < 1.29 is 23.9 Å². The molecule has 7 heteroatoms. The third-order valence-corrected chi connectivity index (χ3v) is 3.33. The van der Waals surface area contributed by atoms with Crippen LogP contribution in [0.4, 0.5) is 4.79 Å². The molecule has 0 fully saturated rings. The fourth-order valence-electron chi connectivity index (χ4n) is 2.03. The summed E-state index contributed by atoms with van der Waals surface area (Å²) in [5.74, 6) is -1.02. The van der Waals surface area contributed by atoms with Gasteiger partial charge < -0.3 is 20.1 Å². The Morgan fingerprint density at radius 2 is 1.96 bits per heavy atom. The average molecular weight is 348 g/mol. The molecule has 1 atom stereocenters. The number of esters is 1. The van der Waals surface area contributed by atoms with Gasteiger partial charge in [-0.2, -0.15) is 0 Å². The highest BCUT2D eigenvalue weighted by Gasteiger charge is 2.21. The van der Waals surface area contributed by atoms with Gasteiger partial charge in [-0.1, -0.05) is 36.4 Å². The summed E-state index contributed by atoms with van der Waals surface area (Å²) < 4.78 is 9.66. The number of methoxy groups -OCH3 is 1. The molecule has 136 valence electrons. The number of alkyl carbamates (subject to hydrolysis) is 1. The van der Waals surface area contributed by atoms with E-state index in [2.05, 4.69) is 21.9 Å². The minimum atomic E-state index is -0.750. The van der Waals surface area contributed by atoms with Crippen LogP contribution in [0.25, 0.3) is 0 Å². The molecule has 1 aromatic rings. The Balaban J connectivity index is 2.33. The summed E-state index contributed by atoms with van der Waals surface area (Å²) in [5, 5.41) is 4.88. The molecule has 0 spiro atoms. The second kappa shape index (κ2) is 11.7. The number of hydrogen-bond donors (Lipinski definition) is 2. The van der Waals surface area contributed by atoms with Gasteiger partial charge in [0, 0.05) is 0 Å². The molecule has 0 aliphatic heterocycles. The van der Waals surface area contributed by atoms with Crippen molar-refractivity contribution in [2.45, 2.75) is 31.9 Å². The number of amides is 2. The number of unbranched alkanes of at least 4 members (excludes halogenated alkanes) is 1. The van der Waals surface area contributed by atoms with Gasteiger partial charge in [-0.3, -0.25) is 4.79 Å². The molecule has 7 nitrogen and oxygen atoms in total. The first-order chi connectivity index (χ1) is 12.1. The van der Waals surface area contributed by atoms with E-state index in [1.165, 1.54) is 7.11 Å². The van der Waals surface area contributed by atoms with E-state index in [0.717, 1.165) is 12.0 Å². The van der Waals surface area contributed by atoms with Crippen LogP contribution in [0.2, 0.25) is 0 Å². The second-order valence-corrected chi connectivity index (χ2v) is 5.28. The van der Waals surface area contributed by atoms with Crippen LogP contribution in [0.15, 0.2) is 43.0 Å². The number of ether oxygens (including phenoxy) is 2. The van der Waals surface area contributed by atoms with E-state index in [4.69, 9.17) is 4.74 Å². The van der Waals surface area contributed by atoms with Crippen LogP contribution in [0.5, 0.6) is 0 Å². The summed E-state index contributed by atoms with van der Waals surface area (Å²) in [7, 11) is 1.26. The first-order valence-corrected chi connectivity index (χ1v) is 7.99. The Morgan fingerprint density at radius 1 is 1.24 bits per heavy atom. The number of rotatable bonds is 10. The highest BCUT2D eigenvalue weighted by atomic mass is 16.5. The molecule has 2 amide bonds. The lowest BCUT2D eigenvalue weighted by Gasteiger charge is -2.16. The summed E-state index contributed by atoms with van der Waals surface area (Å²) in [6.07, 6.45) is 2.88. The van der Waals surface area contributed by atoms with E-state index < -0.39 is 24.0 Å². The summed E-state index contributed by atoms with van der Waals surface area (Å²) in [4.78, 5) is 35.1. The molecule has 0 heterocycles. The molecule has 0 aliphatic rings. The van der Waals surface area contributed by atoms with Crippen LogP contribution in [0.3, 0.4) is 0 Å². The molecule has 0 unspecified atom stereocenters. The zero-order chi connectivity index (χ0) is 18.5. The Bertz CT molecular complexity index is 574. The van der Waals surface area contributed by atoms with E-state index in [-0.39, 0.29) is 13.2 Å². The first-order valence-electron chi connectivity index (χ1n) is 7.99. The fourth-order valence-corrected chi connectivity index (χ4v) is 2.03. The smallest absolute Gasteiger partial charge is 0.407 e. The molecular formula is C18H24N2O5. The Hall–Kier alpha value is -2.83. The monoisotopic (exact) mass is 348 g/mol. The van der Waals surface area contributed by atoms with Gasteiger partial charge in [0.2, 0.25) is 5.91 Å². The van der Waals surface area contributed by atoms with Gasteiger partial charge in [0.25, 0.3) is 0 Å². The number of hydrogen-bond acceptors (Lipinski definition) is 5. The lowest BCUT2D eigenvalue weighted by Crippen LogP contribution is -2.46. The maximum Gasteiger partial charge on any atom is 0.407 e. The molecule has 0 radical (unpaired) electrons. The molecule has 0 aromatic heterocycles. The van der Waals surface area contributed by atoms with Crippen molar-refractivity contribution in [1.82, 2.24) is 10.6 Å². The van der Waals surface area contributed by atoms with Crippen LogP contribution < -0.4 is 10.6 Å². The van der Waals surface area contributed by atoms with E-state index in [1.54, 1.807) is 6.08 Å². The molecule has 0 aliphatic carbocycles. The van der Waals surface area contributed by atoms with Crippen LogP contribution in [-0.2, 0) is 25.7 Å². The Labute approximate surface area is 147 Å². The van der Waals surface area contributed by atoms with Gasteiger partial charge >= 0.3 is 12.1 Å². The van der Waals surface area contributed by atoms with Crippen molar-refractivity contribution in [3.05, 3.63) is 48.6 Å². The predicted octanol–water partition coefficient (Wildman–Crippen LogP) is 1.93. The van der Waals surface area contributed by atoms with Crippen LogP contribution in [0.1, 0.15) is 24.8 Å². The largest absolute Gasteiger partial charge is 0.467 e. The van der Waals surface area contributed by atoms with Crippen LogP contribution in [-0.4, -0.2) is 37.7 Å². The number of carbonyl (C=O) groups excluding carboxylic acids is 3. The number of allylic oxidation sites excluding steroid dienone is 1. The zero-order valence-corrected chi connectivity index (χ0v) is 14.3. The summed E-state index contributed by atoms with van der Waals surface area (Å²) in [5.41, 5.74) is 0.843. The molecule has 1 rings (SSSR count). The van der Waals surface area contributed by atoms with Gasteiger partial charge in [0.15, 0.2) is 0 Å². The molecule has 0 bridgehead atoms. The van der Waals surface area contributed by atoms with Gasteiger partial charge in [0.1, 0.15) is 19.2 Å². The highest BCUT2D eigenvalue weighted by Crippen LogP contribution is 2.03. The fraction of sp³-hybridized carbons (Fsp3) is 0.389. The van der Waals surface area contributed by atoms with Crippen molar-refractivity contribution in [3.8, 4) is 0 Å². The van der Waals surface area contributed by atoms with Crippen LogP contribution in [0, 0.1) is 0 Å². The van der Waals surface area contributed by atoms with E-state index in [9.17, 15) is 14.4 Å². The second-order valence-electron chi connectivity index (χ2n) is 5.28. The molecule has 1 aromatic carbocycles. The van der Waals surface area contributed by atoms with Crippen molar-refractivity contribution in [1.29, 1.82) is 0 Å². The van der Waals surface area contributed by atoms with Gasteiger partial charge in [-0.05, 0) is 24.8 Å². The van der Waals surface area contributed by atoms with Crippen molar-refractivity contribution in [2.24, 2.45) is 0 Å². The Morgan fingerprint density at radius 3 is 2.60 bits per heavy atom. The first kappa shape index (κ1) is 20.2. The minimum absolute atomic E-state index is 0.112. The molecule has 0 saturated heterocycles. The van der Waals surface area contributed by atoms with Gasteiger partial charge in [0.05, 0.1) is 7.11 Å². The predicted molar refractivity (Wildman–Crippen MR) is 92.6 cm³/mol. The van der Waals surface area contributed by atoms with Gasteiger partial charge in [-0.15, -0.1) is 6.58 Å². The normalized spacial score (nSPS) is 11.1. The van der Waals surface area contributed by atoms with Crippen molar-refractivity contribution in [3.63, 3.8) is 0 Å². The molecule has 0 saturated carbocycles. The Kier molecular flexibility index (Phi) is 9.43. The third kappa shape index (κ3) is 8.55. The van der Waals surface area contributed by atoms with E-state index in [0.29, 0.717) is 12.8 Å². The topological polar surface area (TPSA) is 93.7 Å². The molecular weight excluding hydrogens is 324 g/mol. The maximum absolute atomic E-state index is 11.9. The van der Waals surface area contributed by atoms with Crippen molar-refractivity contribution in [2.75, 3.05) is 13.7 Å². The minimum Gasteiger partial charge on any atom is -0.467 e. The molecule has 2 N–H and O–H groups in total. The lowest BCUT2D eigenvalue weighted by molar-refractivity contribution is -0.145. The number of benzene rings is 1. The van der Waals surface area contributed by atoms with Gasteiger partial charge in [-0.25, -0.2) is 9.59 Å². The summed E-state index contributed by atoms with van der Waals surface area (Å²) in [6.45, 7) is 3.43. The number of carbonyl (C=O) groups is 3. The quantitative estimate of drug-likeness (QED) is 0.383. The summed E-state index contributed by atoms with van der Waals surface area (Å²) >= 11 is 0. The van der Waals surface area contributed by atoms with E-state index >= 15 is 0 Å². The van der Waals surface area contributed by atoms with Crippen molar-refractivity contribution >= 4 is 18.0 Å². The standard InChI is InChI=1S/C18H24N2O5/c1-3-4-6-11-15(17(22)24-2)20-16(21)12-19-18(23)25-13-14-9-7-5-8-10-14/h3,5,7-10,15H,1,4,6,11-13H2,2H3,(H,19,23)(H,20,21)/t15-/m1/s1. The lowest BCUT2D eigenvalue weighted by atomic mass is 10.1.